The van der Waals surface area contributed by atoms with E-state index in [0.29, 0.717) is 12.5 Å². The Hall–Kier alpha value is -1.55. The van der Waals surface area contributed by atoms with Gasteiger partial charge < -0.3 is 16.3 Å². The minimum absolute atomic E-state index is 0.0931. The quantitative estimate of drug-likeness (QED) is 0.266. The number of amidine groups is 1. The molecule has 4 nitrogen and oxygen atoms in total. The summed E-state index contributed by atoms with van der Waals surface area (Å²) in [5.74, 6) is 0.266. The summed E-state index contributed by atoms with van der Waals surface area (Å²) in [6.45, 7) is 4.43. The van der Waals surface area contributed by atoms with Crippen molar-refractivity contribution in [1.29, 1.82) is 0 Å². The minimum atomic E-state index is 0.0931. The largest absolute Gasteiger partial charge is 0.409 e. The molecule has 0 amide bonds. The van der Waals surface area contributed by atoms with Gasteiger partial charge in [-0.3, -0.25) is 0 Å². The van der Waals surface area contributed by atoms with Gasteiger partial charge in [-0.2, -0.15) is 0 Å². The van der Waals surface area contributed by atoms with Crippen LogP contribution in [0.4, 0.5) is 0 Å². The van der Waals surface area contributed by atoms with E-state index in [2.05, 4.69) is 36.5 Å². The van der Waals surface area contributed by atoms with Crippen LogP contribution in [0.2, 0.25) is 0 Å². The van der Waals surface area contributed by atoms with Crippen molar-refractivity contribution >= 4 is 5.84 Å². The Morgan fingerprint density at radius 2 is 1.90 bits per heavy atom. The number of hydrogen-bond acceptors (Lipinski definition) is 3. The summed E-state index contributed by atoms with van der Waals surface area (Å²) < 4.78 is 0. The van der Waals surface area contributed by atoms with E-state index >= 15 is 0 Å². The van der Waals surface area contributed by atoms with Crippen LogP contribution in [-0.4, -0.2) is 17.1 Å². The maximum Gasteiger partial charge on any atom is 0.141 e. The first-order valence-electron chi connectivity index (χ1n) is 7.98. The van der Waals surface area contributed by atoms with Gasteiger partial charge in [-0.1, -0.05) is 68.6 Å². The van der Waals surface area contributed by atoms with Gasteiger partial charge in [-0.05, 0) is 18.4 Å². The number of nitrogens with one attached hydrogen (secondary N) is 1. The third-order valence-corrected chi connectivity index (χ3v) is 3.72. The number of hydrogen-bond donors (Lipinski definition) is 3. The fourth-order valence-electron chi connectivity index (χ4n) is 2.60. The molecule has 1 aromatic carbocycles. The number of unbranched alkanes of at least 4 members (excludes halogenated alkanes) is 1. The zero-order valence-electron chi connectivity index (χ0n) is 13.3. The van der Waals surface area contributed by atoms with E-state index in [1.807, 2.05) is 18.2 Å². The van der Waals surface area contributed by atoms with Gasteiger partial charge in [0.2, 0.25) is 0 Å². The second kappa shape index (κ2) is 10.2. The first-order valence-corrected chi connectivity index (χ1v) is 7.98. The monoisotopic (exact) mass is 291 g/mol. The van der Waals surface area contributed by atoms with Crippen LogP contribution in [0, 0.1) is 0 Å². The Morgan fingerprint density at radius 3 is 2.48 bits per heavy atom. The molecule has 0 heterocycles. The molecule has 0 radical (unpaired) electrons. The molecule has 2 unspecified atom stereocenters. The smallest absolute Gasteiger partial charge is 0.141 e. The Kier molecular flexibility index (Phi) is 8.51. The van der Waals surface area contributed by atoms with Crippen molar-refractivity contribution in [2.24, 2.45) is 10.9 Å². The first-order chi connectivity index (χ1) is 10.2. The van der Waals surface area contributed by atoms with Crippen LogP contribution in [0.3, 0.4) is 0 Å². The Bertz CT molecular complexity index is 406. The first kappa shape index (κ1) is 17.5. The van der Waals surface area contributed by atoms with Gasteiger partial charge >= 0.3 is 0 Å². The Morgan fingerprint density at radius 1 is 1.19 bits per heavy atom. The number of nitrogens with two attached hydrogens (primary N) is 1. The summed E-state index contributed by atoms with van der Waals surface area (Å²) in [4.78, 5) is 0. The van der Waals surface area contributed by atoms with E-state index in [-0.39, 0.29) is 11.9 Å². The summed E-state index contributed by atoms with van der Waals surface area (Å²) in [7, 11) is 0. The highest BCUT2D eigenvalue weighted by molar-refractivity contribution is 5.80. The standard InChI is InChI=1S/C17H29N3O/c1-3-5-12-15(9-4-2)19-16(13-17(18)20-21)14-10-7-6-8-11-14/h6-8,10-11,15-16,19,21H,3-5,9,12-13H2,1-2H3,(H2,18,20). The van der Waals surface area contributed by atoms with Crippen molar-refractivity contribution in [1.82, 2.24) is 5.32 Å². The third kappa shape index (κ3) is 6.63. The van der Waals surface area contributed by atoms with E-state index < -0.39 is 0 Å². The van der Waals surface area contributed by atoms with E-state index in [1.165, 1.54) is 24.8 Å². The van der Waals surface area contributed by atoms with Crippen LogP contribution in [0.15, 0.2) is 35.5 Å². The number of oxime groups is 1. The summed E-state index contributed by atoms with van der Waals surface area (Å²) in [6, 6.07) is 10.8. The van der Waals surface area contributed by atoms with Crippen molar-refractivity contribution in [3.63, 3.8) is 0 Å². The minimum Gasteiger partial charge on any atom is -0.409 e. The van der Waals surface area contributed by atoms with Crippen LogP contribution in [-0.2, 0) is 0 Å². The summed E-state index contributed by atoms with van der Waals surface area (Å²) >= 11 is 0. The highest BCUT2D eigenvalue weighted by Gasteiger charge is 2.17. The van der Waals surface area contributed by atoms with Crippen molar-refractivity contribution in [3.8, 4) is 0 Å². The topological polar surface area (TPSA) is 70.6 Å². The molecular weight excluding hydrogens is 262 g/mol. The molecule has 0 aliphatic rings. The van der Waals surface area contributed by atoms with E-state index in [4.69, 9.17) is 10.9 Å². The molecule has 0 aliphatic heterocycles. The van der Waals surface area contributed by atoms with Gasteiger partial charge in [0, 0.05) is 18.5 Å². The normalized spacial score (nSPS) is 14.9. The van der Waals surface area contributed by atoms with Crippen LogP contribution < -0.4 is 11.1 Å². The van der Waals surface area contributed by atoms with Gasteiger partial charge in [-0.25, -0.2) is 0 Å². The molecule has 1 aromatic rings. The molecule has 0 saturated heterocycles. The number of rotatable bonds is 10. The average molecular weight is 291 g/mol. The molecule has 0 aliphatic carbocycles. The molecule has 0 aromatic heterocycles. The van der Waals surface area contributed by atoms with Crippen molar-refractivity contribution in [2.45, 2.75) is 64.5 Å². The average Bonchev–Trinajstić information content (AvgIpc) is 2.52. The molecule has 2 atom stereocenters. The predicted octanol–water partition coefficient (Wildman–Crippen LogP) is 3.81. The third-order valence-electron chi connectivity index (χ3n) is 3.72. The van der Waals surface area contributed by atoms with Crippen LogP contribution >= 0.6 is 0 Å². The molecule has 0 saturated carbocycles. The maximum atomic E-state index is 8.84. The Balaban J connectivity index is 2.79. The maximum absolute atomic E-state index is 8.84. The van der Waals surface area contributed by atoms with E-state index in [0.717, 1.165) is 12.8 Å². The molecule has 0 fully saturated rings. The SMILES string of the molecule is CCCCC(CCC)NC(C/C(N)=N/O)c1ccccc1. The lowest BCUT2D eigenvalue weighted by atomic mass is 9.98. The highest BCUT2D eigenvalue weighted by atomic mass is 16.4. The molecule has 0 spiro atoms. The fourth-order valence-corrected chi connectivity index (χ4v) is 2.60. The molecule has 118 valence electrons. The highest BCUT2D eigenvalue weighted by Crippen LogP contribution is 2.20. The molecule has 1 rings (SSSR count). The van der Waals surface area contributed by atoms with Gasteiger partial charge in [-0.15, -0.1) is 0 Å². The second-order valence-corrected chi connectivity index (χ2v) is 5.55. The number of nitrogens with zero attached hydrogens (tertiary/aromatic N) is 1. The van der Waals surface area contributed by atoms with Gasteiger partial charge in [0.15, 0.2) is 0 Å². The van der Waals surface area contributed by atoms with Crippen molar-refractivity contribution < 1.29 is 5.21 Å². The molecule has 0 bridgehead atoms. The van der Waals surface area contributed by atoms with Crippen molar-refractivity contribution in [3.05, 3.63) is 35.9 Å². The predicted molar refractivity (Wildman–Crippen MR) is 88.6 cm³/mol. The lowest BCUT2D eigenvalue weighted by molar-refractivity contribution is 0.314. The van der Waals surface area contributed by atoms with Crippen LogP contribution in [0.25, 0.3) is 0 Å². The summed E-state index contributed by atoms with van der Waals surface area (Å²) in [5.41, 5.74) is 6.90. The number of benzene rings is 1. The molecule has 4 heteroatoms. The molecule has 4 N–H and O–H groups in total. The van der Waals surface area contributed by atoms with Crippen LogP contribution in [0.1, 0.15) is 64.0 Å². The fraction of sp³-hybridized carbons (Fsp3) is 0.588. The van der Waals surface area contributed by atoms with Crippen molar-refractivity contribution in [2.75, 3.05) is 0 Å². The zero-order valence-corrected chi connectivity index (χ0v) is 13.3. The van der Waals surface area contributed by atoms with E-state index in [1.54, 1.807) is 0 Å². The second-order valence-electron chi connectivity index (χ2n) is 5.55. The van der Waals surface area contributed by atoms with Gasteiger partial charge in [0.05, 0.1) is 0 Å². The lowest BCUT2D eigenvalue weighted by Gasteiger charge is -2.26. The van der Waals surface area contributed by atoms with Gasteiger partial charge in [0.1, 0.15) is 5.84 Å². The molecule has 21 heavy (non-hydrogen) atoms. The Labute approximate surface area is 128 Å². The lowest BCUT2D eigenvalue weighted by Crippen LogP contribution is -2.35. The molecular formula is C17H29N3O. The van der Waals surface area contributed by atoms with Crippen LogP contribution in [0.5, 0.6) is 0 Å². The summed E-state index contributed by atoms with van der Waals surface area (Å²) in [6.07, 6.45) is 6.43. The summed E-state index contributed by atoms with van der Waals surface area (Å²) in [5, 5.41) is 15.7. The van der Waals surface area contributed by atoms with E-state index in [9.17, 15) is 0 Å². The van der Waals surface area contributed by atoms with Gasteiger partial charge in [0.25, 0.3) is 0 Å². The zero-order chi connectivity index (χ0) is 15.5.